The second-order valence-electron chi connectivity index (χ2n) is 4.57. The molecule has 0 heterocycles. The van der Waals surface area contributed by atoms with E-state index in [0.717, 1.165) is 15.7 Å². The topological polar surface area (TPSA) is 68.1 Å². The van der Waals surface area contributed by atoms with Gasteiger partial charge < -0.3 is 14.7 Å². The molecule has 5 nitrogen and oxygen atoms in total. The molecule has 2 aromatic rings. The van der Waals surface area contributed by atoms with Gasteiger partial charge in [-0.3, -0.25) is 4.79 Å². The highest BCUT2D eigenvalue weighted by Crippen LogP contribution is 2.26. The van der Waals surface area contributed by atoms with Crippen molar-refractivity contribution >= 4 is 34.2 Å². The van der Waals surface area contributed by atoms with Gasteiger partial charge in [-0.1, -0.05) is 17.3 Å². The molecular formula is C16H17NO4S. The molecule has 0 atom stereocenters. The van der Waals surface area contributed by atoms with E-state index >= 15 is 0 Å². The number of aromatic hydroxyl groups is 1. The van der Waals surface area contributed by atoms with Crippen LogP contribution in [0.25, 0.3) is 10.8 Å². The molecule has 0 bridgehead atoms. The van der Waals surface area contributed by atoms with Gasteiger partial charge in [0.25, 0.3) is 0 Å². The first-order valence-corrected chi connectivity index (χ1v) is 7.62. The Morgan fingerprint density at radius 2 is 1.91 bits per heavy atom. The summed E-state index contributed by atoms with van der Waals surface area (Å²) in [5.74, 6) is 0.442. The minimum atomic E-state index is -0.342. The Kier molecular flexibility index (Phi) is 5.66. The van der Waals surface area contributed by atoms with Crippen molar-refractivity contribution < 1.29 is 19.5 Å². The summed E-state index contributed by atoms with van der Waals surface area (Å²) >= 11 is 1.56. The van der Waals surface area contributed by atoms with Crippen molar-refractivity contribution in [3.05, 3.63) is 36.4 Å². The van der Waals surface area contributed by atoms with Gasteiger partial charge in [0.05, 0.1) is 19.2 Å². The number of thioether (sulfide) groups is 1. The molecule has 0 saturated carbocycles. The zero-order valence-corrected chi connectivity index (χ0v) is 13.2. The lowest BCUT2D eigenvalue weighted by Crippen LogP contribution is -2.12. The lowest BCUT2D eigenvalue weighted by Gasteiger charge is -2.06. The van der Waals surface area contributed by atoms with E-state index in [1.807, 2.05) is 24.3 Å². The van der Waals surface area contributed by atoms with E-state index < -0.39 is 0 Å². The van der Waals surface area contributed by atoms with E-state index in [9.17, 15) is 9.90 Å². The van der Waals surface area contributed by atoms with E-state index in [-0.39, 0.29) is 18.1 Å². The van der Waals surface area contributed by atoms with Crippen LogP contribution in [-0.4, -0.2) is 36.8 Å². The van der Waals surface area contributed by atoms with Gasteiger partial charge in [-0.2, -0.15) is 0 Å². The number of methoxy groups -OCH3 is 1. The smallest absolute Gasteiger partial charge is 0.311 e. The predicted molar refractivity (Wildman–Crippen MR) is 87.4 cm³/mol. The number of nitrogens with zero attached hydrogens (tertiary/aromatic N) is 1. The summed E-state index contributed by atoms with van der Waals surface area (Å²) in [7, 11) is 2.79. The third kappa shape index (κ3) is 4.39. The fraction of sp³-hybridized carbons (Fsp3) is 0.250. The van der Waals surface area contributed by atoms with Crippen molar-refractivity contribution in [2.75, 3.05) is 20.0 Å². The van der Waals surface area contributed by atoms with Crippen LogP contribution in [0.1, 0.15) is 6.42 Å². The number of phenolic OH excluding ortho intramolecular Hbond substituents is 1. The van der Waals surface area contributed by atoms with Crippen LogP contribution in [0.5, 0.6) is 5.75 Å². The zero-order valence-electron chi connectivity index (χ0n) is 12.4. The number of benzene rings is 2. The quantitative estimate of drug-likeness (QED) is 0.383. The average Bonchev–Trinajstić information content (AvgIpc) is 2.52. The van der Waals surface area contributed by atoms with Gasteiger partial charge >= 0.3 is 5.97 Å². The molecule has 22 heavy (non-hydrogen) atoms. The number of phenols is 1. The number of ether oxygens (including phenoxy) is 1. The normalized spacial score (nSPS) is 11.5. The van der Waals surface area contributed by atoms with Gasteiger partial charge in [-0.15, -0.1) is 11.8 Å². The highest BCUT2D eigenvalue weighted by atomic mass is 32.2. The highest BCUT2D eigenvalue weighted by molar-refractivity contribution is 8.00. The molecule has 0 saturated heterocycles. The Morgan fingerprint density at radius 3 is 2.64 bits per heavy atom. The van der Waals surface area contributed by atoms with Crippen LogP contribution < -0.4 is 0 Å². The van der Waals surface area contributed by atoms with Gasteiger partial charge in [0.1, 0.15) is 12.9 Å². The first-order valence-electron chi connectivity index (χ1n) is 6.63. The molecule has 0 unspecified atom stereocenters. The lowest BCUT2D eigenvalue weighted by molar-refractivity contribution is -0.139. The molecule has 0 amide bonds. The zero-order chi connectivity index (χ0) is 15.9. The molecule has 0 aliphatic rings. The van der Waals surface area contributed by atoms with E-state index in [4.69, 9.17) is 4.84 Å². The third-order valence-electron chi connectivity index (χ3n) is 3.00. The van der Waals surface area contributed by atoms with Crippen molar-refractivity contribution in [1.29, 1.82) is 0 Å². The van der Waals surface area contributed by atoms with Crippen LogP contribution in [0.2, 0.25) is 0 Å². The maximum absolute atomic E-state index is 11.3. The summed E-state index contributed by atoms with van der Waals surface area (Å²) in [5, 5.41) is 15.3. The van der Waals surface area contributed by atoms with Crippen LogP contribution in [0.3, 0.4) is 0 Å². The van der Waals surface area contributed by atoms with Crippen molar-refractivity contribution in [3.63, 3.8) is 0 Å². The van der Waals surface area contributed by atoms with Gasteiger partial charge in [0.2, 0.25) is 0 Å². The summed E-state index contributed by atoms with van der Waals surface area (Å²) < 4.78 is 4.64. The summed E-state index contributed by atoms with van der Waals surface area (Å²) in [6.45, 7) is 0. The molecule has 0 spiro atoms. The number of hydrogen-bond donors (Lipinski definition) is 1. The predicted octanol–water partition coefficient (Wildman–Crippen LogP) is 3.20. The van der Waals surface area contributed by atoms with Gasteiger partial charge in [-0.25, -0.2) is 0 Å². The van der Waals surface area contributed by atoms with Crippen LogP contribution in [-0.2, 0) is 14.4 Å². The molecule has 0 aliphatic carbocycles. The van der Waals surface area contributed by atoms with Crippen molar-refractivity contribution in [3.8, 4) is 5.75 Å². The van der Waals surface area contributed by atoms with E-state index in [1.165, 1.54) is 14.2 Å². The minimum absolute atomic E-state index is 0.110. The molecule has 0 aliphatic heterocycles. The summed E-state index contributed by atoms with van der Waals surface area (Å²) in [5.41, 5.74) is 0.616. The maximum atomic E-state index is 11.3. The molecule has 2 rings (SSSR count). The van der Waals surface area contributed by atoms with Crippen LogP contribution in [0.15, 0.2) is 46.4 Å². The Hall–Kier alpha value is -2.21. The lowest BCUT2D eigenvalue weighted by atomic mass is 10.1. The molecule has 2 aromatic carbocycles. The monoisotopic (exact) mass is 319 g/mol. The Morgan fingerprint density at radius 1 is 1.18 bits per heavy atom. The number of esters is 1. The third-order valence-corrected chi connectivity index (χ3v) is 4.06. The molecule has 0 aromatic heterocycles. The number of carbonyl (C=O) groups excluding carboxylic acids is 1. The van der Waals surface area contributed by atoms with Crippen molar-refractivity contribution in [2.24, 2.45) is 5.16 Å². The van der Waals surface area contributed by atoms with E-state index in [0.29, 0.717) is 11.5 Å². The number of hydrogen-bond acceptors (Lipinski definition) is 6. The Balaban J connectivity index is 2.07. The summed E-state index contributed by atoms with van der Waals surface area (Å²) in [6, 6.07) is 11.2. The number of oxime groups is 1. The second-order valence-corrected chi connectivity index (χ2v) is 5.62. The first-order chi connectivity index (χ1) is 10.6. The Labute approximate surface area is 132 Å². The SMILES string of the molecule is CON=C(CSc1ccc2cc(O)ccc2c1)CC(=O)OC. The maximum Gasteiger partial charge on any atom is 0.311 e. The van der Waals surface area contributed by atoms with Crippen LogP contribution in [0.4, 0.5) is 0 Å². The van der Waals surface area contributed by atoms with Crippen molar-refractivity contribution in [2.45, 2.75) is 11.3 Å². The Bertz CT molecular complexity index is 700. The second kappa shape index (κ2) is 7.70. The summed E-state index contributed by atoms with van der Waals surface area (Å²) in [6.07, 6.45) is 0.110. The van der Waals surface area contributed by atoms with E-state index in [2.05, 4.69) is 9.89 Å². The van der Waals surface area contributed by atoms with Gasteiger partial charge in [0, 0.05) is 10.6 Å². The fourth-order valence-corrected chi connectivity index (χ4v) is 2.81. The highest BCUT2D eigenvalue weighted by Gasteiger charge is 2.09. The summed E-state index contributed by atoms with van der Waals surface area (Å²) in [4.78, 5) is 17.1. The number of carbonyl (C=O) groups is 1. The first kappa shape index (κ1) is 16.2. The molecule has 116 valence electrons. The molecule has 0 radical (unpaired) electrons. The number of rotatable bonds is 6. The van der Waals surface area contributed by atoms with Crippen LogP contribution in [0, 0.1) is 0 Å². The van der Waals surface area contributed by atoms with Crippen molar-refractivity contribution in [1.82, 2.24) is 0 Å². The fourth-order valence-electron chi connectivity index (χ4n) is 1.95. The minimum Gasteiger partial charge on any atom is -0.508 e. The molecular weight excluding hydrogens is 302 g/mol. The molecule has 6 heteroatoms. The number of fused-ring (bicyclic) bond motifs is 1. The van der Waals surface area contributed by atoms with Gasteiger partial charge in [-0.05, 0) is 35.0 Å². The average molecular weight is 319 g/mol. The standard InChI is InChI=1S/C16H17NO4S/c1-20-16(19)9-13(17-21-2)10-22-15-6-4-11-7-14(18)5-3-12(11)8-15/h3-8,18H,9-10H2,1-2H3. The molecule has 1 N–H and O–H groups in total. The molecule has 0 fully saturated rings. The largest absolute Gasteiger partial charge is 0.508 e. The van der Waals surface area contributed by atoms with E-state index in [1.54, 1.807) is 23.9 Å². The van der Waals surface area contributed by atoms with Crippen LogP contribution >= 0.6 is 11.8 Å². The van der Waals surface area contributed by atoms with Gasteiger partial charge in [0.15, 0.2) is 0 Å².